The molecule has 0 aliphatic heterocycles. The van der Waals surface area contributed by atoms with Crippen molar-refractivity contribution in [3.05, 3.63) is 90.0 Å². The molecule has 0 N–H and O–H groups in total. The highest BCUT2D eigenvalue weighted by Crippen LogP contribution is 2.22. The largest absolute Gasteiger partial charge is 0.425 e. The summed E-state index contributed by atoms with van der Waals surface area (Å²) < 4.78 is 5.43. The predicted molar refractivity (Wildman–Crippen MR) is 93.3 cm³/mol. The van der Waals surface area contributed by atoms with Crippen LogP contribution >= 0.6 is 0 Å². The summed E-state index contributed by atoms with van der Waals surface area (Å²) in [7, 11) is 0. The number of hydrogen-bond donors (Lipinski definition) is 0. The maximum Gasteiger partial charge on any atom is 0.308 e. The molecule has 2 aromatic rings. The van der Waals surface area contributed by atoms with Gasteiger partial charge >= 0.3 is 5.97 Å². The molecule has 114 valence electrons. The Bertz CT molecular complexity index is 760. The SMILES string of the molecule is C=CC/C(C#Cc1ccccc1)=C(/OC(C)=O)c1ccccc1. The van der Waals surface area contributed by atoms with Gasteiger partial charge in [0.25, 0.3) is 0 Å². The molecule has 0 fully saturated rings. The highest BCUT2D eigenvalue weighted by Gasteiger charge is 2.11. The maximum atomic E-state index is 11.5. The molecular formula is C21H18O2. The minimum Gasteiger partial charge on any atom is -0.425 e. The molecule has 0 saturated heterocycles. The van der Waals surface area contributed by atoms with E-state index in [0.717, 1.165) is 16.7 Å². The first-order valence-corrected chi connectivity index (χ1v) is 7.35. The summed E-state index contributed by atoms with van der Waals surface area (Å²) >= 11 is 0. The van der Waals surface area contributed by atoms with Crippen LogP contribution in [0.4, 0.5) is 0 Å². The molecule has 2 heteroatoms. The van der Waals surface area contributed by atoms with Crippen LogP contribution in [0.5, 0.6) is 0 Å². The smallest absolute Gasteiger partial charge is 0.308 e. The van der Waals surface area contributed by atoms with E-state index >= 15 is 0 Å². The van der Waals surface area contributed by atoms with E-state index in [0.29, 0.717) is 12.2 Å². The molecular weight excluding hydrogens is 284 g/mol. The van der Waals surface area contributed by atoms with Gasteiger partial charge in [-0.2, -0.15) is 0 Å². The Hall–Kier alpha value is -3.05. The fraction of sp³-hybridized carbons (Fsp3) is 0.0952. The molecule has 2 aromatic carbocycles. The van der Waals surface area contributed by atoms with Crippen molar-refractivity contribution in [3.63, 3.8) is 0 Å². The van der Waals surface area contributed by atoms with Crippen molar-refractivity contribution in [1.82, 2.24) is 0 Å². The Balaban J connectivity index is 2.51. The van der Waals surface area contributed by atoms with Crippen LogP contribution in [0.25, 0.3) is 5.76 Å². The first kappa shape index (κ1) is 16.3. The molecule has 0 radical (unpaired) electrons. The van der Waals surface area contributed by atoms with Crippen LogP contribution in [-0.2, 0) is 9.53 Å². The van der Waals surface area contributed by atoms with E-state index in [1.807, 2.05) is 60.7 Å². The van der Waals surface area contributed by atoms with E-state index in [1.165, 1.54) is 6.92 Å². The second-order valence-corrected chi connectivity index (χ2v) is 4.88. The standard InChI is InChI=1S/C21H18O2/c1-3-10-19(16-15-18-11-6-4-7-12-18)21(23-17(2)22)20-13-8-5-9-14-20/h3-9,11-14H,1,10H2,2H3/b21-19-. The van der Waals surface area contributed by atoms with Crippen LogP contribution in [0, 0.1) is 11.8 Å². The first-order chi connectivity index (χ1) is 11.2. The highest BCUT2D eigenvalue weighted by molar-refractivity contribution is 5.79. The van der Waals surface area contributed by atoms with Gasteiger partial charge < -0.3 is 4.74 Å². The molecule has 0 aromatic heterocycles. The fourth-order valence-corrected chi connectivity index (χ4v) is 2.04. The highest BCUT2D eigenvalue weighted by atomic mass is 16.5. The second kappa shape index (κ2) is 8.41. The van der Waals surface area contributed by atoms with Crippen LogP contribution in [0.15, 0.2) is 78.9 Å². The molecule has 0 spiro atoms. The number of rotatable bonds is 4. The average Bonchev–Trinajstić information content (AvgIpc) is 2.58. The molecule has 0 saturated carbocycles. The van der Waals surface area contributed by atoms with E-state index in [1.54, 1.807) is 6.08 Å². The van der Waals surface area contributed by atoms with Crippen molar-refractivity contribution in [3.8, 4) is 11.8 Å². The van der Waals surface area contributed by atoms with Gasteiger partial charge in [-0.3, -0.25) is 4.79 Å². The number of carbonyl (C=O) groups is 1. The molecule has 0 unspecified atom stereocenters. The molecule has 0 heterocycles. The summed E-state index contributed by atoms with van der Waals surface area (Å²) in [6.45, 7) is 5.16. The average molecular weight is 302 g/mol. The fourth-order valence-electron chi connectivity index (χ4n) is 2.04. The van der Waals surface area contributed by atoms with E-state index in [2.05, 4.69) is 18.4 Å². The number of benzene rings is 2. The van der Waals surface area contributed by atoms with Crippen molar-refractivity contribution >= 4 is 11.7 Å². The van der Waals surface area contributed by atoms with Gasteiger partial charge in [0, 0.05) is 30.0 Å². The van der Waals surface area contributed by atoms with E-state index in [9.17, 15) is 4.79 Å². The van der Waals surface area contributed by atoms with Crippen LogP contribution in [0.1, 0.15) is 24.5 Å². The Morgan fingerprint density at radius 1 is 1.09 bits per heavy atom. The zero-order valence-electron chi connectivity index (χ0n) is 13.1. The lowest BCUT2D eigenvalue weighted by Crippen LogP contribution is -2.01. The summed E-state index contributed by atoms with van der Waals surface area (Å²) in [6.07, 6.45) is 2.28. The third-order valence-electron chi connectivity index (χ3n) is 3.04. The van der Waals surface area contributed by atoms with E-state index < -0.39 is 0 Å². The minimum atomic E-state index is -0.369. The van der Waals surface area contributed by atoms with Gasteiger partial charge in [0.15, 0.2) is 0 Å². The zero-order chi connectivity index (χ0) is 16.5. The third-order valence-corrected chi connectivity index (χ3v) is 3.04. The monoisotopic (exact) mass is 302 g/mol. The molecule has 23 heavy (non-hydrogen) atoms. The van der Waals surface area contributed by atoms with E-state index in [4.69, 9.17) is 4.74 Å². The summed E-state index contributed by atoms with van der Waals surface area (Å²) in [4.78, 5) is 11.5. The van der Waals surface area contributed by atoms with Crippen molar-refractivity contribution < 1.29 is 9.53 Å². The van der Waals surface area contributed by atoms with Crippen LogP contribution in [-0.4, -0.2) is 5.97 Å². The Morgan fingerprint density at radius 3 is 2.26 bits per heavy atom. The van der Waals surface area contributed by atoms with E-state index in [-0.39, 0.29) is 5.97 Å². The summed E-state index contributed by atoms with van der Waals surface area (Å²) in [5, 5.41) is 0. The Labute approximate surface area is 137 Å². The van der Waals surface area contributed by atoms with Gasteiger partial charge in [-0.05, 0) is 12.1 Å². The van der Waals surface area contributed by atoms with Crippen molar-refractivity contribution in [2.24, 2.45) is 0 Å². The summed E-state index contributed by atoms with van der Waals surface area (Å²) in [5.41, 5.74) is 2.46. The third kappa shape index (κ3) is 5.01. The molecule has 0 bridgehead atoms. The molecule has 0 amide bonds. The van der Waals surface area contributed by atoms with Crippen molar-refractivity contribution in [1.29, 1.82) is 0 Å². The zero-order valence-corrected chi connectivity index (χ0v) is 13.1. The van der Waals surface area contributed by atoms with Crippen molar-refractivity contribution in [2.45, 2.75) is 13.3 Å². The topological polar surface area (TPSA) is 26.3 Å². The van der Waals surface area contributed by atoms with Gasteiger partial charge in [-0.1, -0.05) is 66.4 Å². The van der Waals surface area contributed by atoms with Gasteiger partial charge in [0.2, 0.25) is 0 Å². The number of hydrogen-bond acceptors (Lipinski definition) is 2. The van der Waals surface area contributed by atoms with Gasteiger partial charge in [0.05, 0.1) is 0 Å². The summed E-state index contributed by atoms with van der Waals surface area (Å²) in [6, 6.07) is 19.2. The quantitative estimate of drug-likeness (QED) is 0.357. The van der Waals surface area contributed by atoms with Crippen LogP contribution in [0.3, 0.4) is 0 Å². The molecule has 0 aliphatic carbocycles. The maximum absolute atomic E-state index is 11.5. The van der Waals surface area contributed by atoms with Gasteiger partial charge in [-0.25, -0.2) is 0 Å². The molecule has 0 atom stereocenters. The Morgan fingerprint density at radius 2 is 1.70 bits per heavy atom. The molecule has 0 aliphatic rings. The number of carbonyl (C=O) groups excluding carboxylic acids is 1. The van der Waals surface area contributed by atoms with Crippen molar-refractivity contribution in [2.75, 3.05) is 0 Å². The number of esters is 1. The molecule has 2 rings (SSSR count). The lowest BCUT2D eigenvalue weighted by molar-refractivity contribution is -0.134. The normalized spacial score (nSPS) is 10.8. The van der Waals surface area contributed by atoms with Crippen LogP contribution < -0.4 is 0 Å². The predicted octanol–water partition coefficient (Wildman–Crippen LogP) is 4.59. The lowest BCUT2D eigenvalue weighted by atomic mass is 10.1. The Kier molecular flexibility index (Phi) is 5.97. The van der Waals surface area contributed by atoms with Gasteiger partial charge in [-0.15, -0.1) is 6.58 Å². The second-order valence-electron chi connectivity index (χ2n) is 4.88. The number of allylic oxidation sites excluding steroid dienone is 2. The first-order valence-electron chi connectivity index (χ1n) is 7.35. The summed E-state index contributed by atoms with van der Waals surface area (Å²) in [5.74, 6) is 6.35. The number of ether oxygens (including phenoxy) is 1. The molecule has 2 nitrogen and oxygen atoms in total. The minimum absolute atomic E-state index is 0.369. The van der Waals surface area contributed by atoms with Crippen LogP contribution in [0.2, 0.25) is 0 Å². The van der Waals surface area contributed by atoms with Gasteiger partial charge in [0.1, 0.15) is 5.76 Å². The lowest BCUT2D eigenvalue weighted by Gasteiger charge is -2.10.